The Hall–Kier alpha value is -4.20. The quantitative estimate of drug-likeness (QED) is 0.405. The highest BCUT2D eigenvalue weighted by Crippen LogP contribution is 2.36. The lowest BCUT2D eigenvalue weighted by atomic mass is 10.0. The van der Waals surface area contributed by atoms with E-state index in [4.69, 9.17) is 15.2 Å². The molecular formula is C26H24FN3O4. The minimum atomic E-state index is -0.673. The van der Waals surface area contributed by atoms with Crippen molar-refractivity contribution in [1.82, 2.24) is 10.3 Å². The van der Waals surface area contributed by atoms with E-state index in [1.165, 1.54) is 25.4 Å². The number of hydrogen-bond acceptors (Lipinski definition) is 5. The Balaban J connectivity index is 1.77. The summed E-state index contributed by atoms with van der Waals surface area (Å²) in [6.07, 6.45) is 2.30. The van der Waals surface area contributed by atoms with Crippen molar-refractivity contribution in [3.8, 4) is 17.2 Å². The summed E-state index contributed by atoms with van der Waals surface area (Å²) in [4.78, 5) is 28.8. The Kier molecular flexibility index (Phi) is 6.32. The van der Waals surface area contributed by atoms with Crippen molar-refractivity contribution in [2.45, 2.75) is 26.3 Å². The second-order valence-electron chi connectivity index (χ2n) is 7.91. The molecule has 3 N–H and O–H groups in total. The van der Waals surface area contributed by atoms with Crippen molar-refractivity contribution < 1.29 is 23.5 Å². The SMILES string of the molecule is CCC(C)NC(=O)c1cccc2c(F)c(Oc3ccnc4cc(OC)c(C(N)=O)cc34)ccc12. The summed E-state index contributed by atoms with van der Waals surface area (Å²) in [6.45, 7) is 3.89. The van der Waals surface area contributed by atoms with E-state index in [1.54, 1.807) is 36.4 Å². The van der Waals surface area contributed by atoms with Crippen LogP contribution in [0.3, 0.4) is 0 Å². The Morgan fingerprint density at radius 3 is 2.53 bits per heavy atom. The van der Waals surface area contributed by atoms with Crippen molar-refractivity contribution in [2.24, 2.45) is 5.73 Å². The van der Waals surface area contributed by atoms with Gasteiger partial charge in [0.05, 0.1) is 18.2 Å². The first-order valence-corrected chi connectivity index (χ1v) is 10.8. The van der Waals surface area contributed by atoms with Crippen molar-refractivity contribution >= 4 is 33.5 Å². The number of carbonyl (C=O) groups excluding carboxylic acids is 2. The first kappa shape index (κ1) is 23.0. The molecule has 4 rings (SSSR count). The van der Waals surface area contributed by atoms with Gasteiger partial charge in [-0.05, 0) is 49.1 Å². The number of aromatic nitrogens is 1. The summed E-state index contributed by atoms with van der Waals surface area (Å²) in [6, 6.07) is 12.7. The maximum Gasteiger partial charge on any atom is 0.252 e. The van der Waals surface area contributed by atoms with Crippen molar-refractivity contribution in [3.63, 3.8) is 0 Å². The first-order valence-electron chi connectivity index (χ1n) is 10.8. The van der Waals surface area contributed by atoms with E-state index >= 15 is 4.39 Å². The van der Waals surface area contributed by atoms with Gasteiger partial charge in [0.25, 0.3) is 11.8 Å². The van der Waals surface area contributed by atoms with Crippen molar-refractivity contribution in [2.75, 3.05) is 7.11 Å². The number of pyridine rings is 1. The number of carbonyl (C=O) groups is 2. The zero-order valence-corrected chi connectivity index (χ0v) is 19.0. The summed E-state index contributed by atoms with van der Waals surface area (Å²) in [5, 5.41) is 4.12. The number of primary amides is 1. The molecule has 0 saturated carbocycles. The third kappa shape index (κ3) is 4.22. The number of hydrogen-bond donors (Lipinski definition) is 2. The zero-order valence-electron chi connectivity index (χ0n) is 19.0. The number of methoxy groups -OCH3 is 1. The van der Waals surface area contributed by atoms with Gasteiger partial charge in [0.1, 0.15) is 11.5 Å². The van der Waals surface area contributed by atoms with Gasteiger partial charge >= 0.3 is 0 Å². The lowest BCUT2D eigenvalue weighted by molar-refractivity contribution is 0.0939. The van der Waals surface area contributed by atoms with Gasteiger partial charge < -0.3 is 20.5 Å². The molecule has 0 fully saturated rings. The van der Waals surface area contributed by atoms with Gasteiger partial charge in [0, 0.05) is 34.6 Å². The van der Waals surface area contributed by atoms with Gasteiger partial charge in [-0.2, -0.15) is 0 Å². The molecule has 0 saturated heterocycles. The minimum Gasteiger partial charge on any atom is -0.496 e. The molecule has 0 aliphatic heterocycles. The second-order valence-corrected chi connectivity index (χ2v) is 7.91. The highest BCUT2D eigenvalue weighted by molar-refractivity contribution is 6.07. The summed E-state index contributed by atoms with van der Waals surface area (Å²) in [5.74, 6) is -1.00. The Morgan fingerprint density at radius 1 is 1.03 bits per heavy atom. The molecular weight excluding hydrogens is 437 g/mol. The molecule has 0 aliphatic rings. The molecule has 7 nitrogen and oxygen atoms in total. The highest BCUT2D eigenvalue weighted by atomic mass is 19.1. The lowest BCUT2D eigenvalue weighted by Crippen LogP contribution is -2.32. The molecule has 0 aliphatic carbocycles. The van der Waals surface area contributed by atoms with Gasteiger partial charge in [-0.1, -0.05) is 19.1 Å². The van der Waals surface area contributed by atoms with E-state index in [-0.39, 0.29) is 34.4 Å². The predicted molar refractivity (Wildman–Crippen MR) is 128 cm³/mol. The zero-order chi connectivity index (χ0) is 24.4. The lowest BCUT2D eigenvalue weighted by Gasteiger charge is -2.15. The summed E-state index contributed by atoms with van der Waals surface area (Å²) >= 11 is 0. The molecule has 1 heterocycles. The fourth-order valence-electron chi connectivity index (χ4n) is 3.70. The molecule has 1 atom stereocenters. The van der Waals surface area contributed by atoms with Gasteiger partial charge in [0.2, 0.25) is 0 Å². The maximum absolute atomic E-state index is 15.5. The van der Waals surface area contributed by atoms with Gasteiger partial charge in [-0.25, -0.2) is 4.39 Å². The van der Waals surface area contributed by atoms with Crippen molar-refractivity contribution in [1.29, 1.82) is 0 Å². The third-order valence-corrected chi connectivity index (χ3v) is 5.70. The van der Waals surface area contributed by atoms with E-state index in [1.807, 2.05) is 13.8 Å². The van der Waals surface area contributed by atoms with Gasteiger partial charge in [0.15, 0.2) is 11.6 Å². The van der Waals surface area contributed by atoms with E-state index in [0.717, 1.165) is 6.42 Å². The molecule has 34 heavy (non-hydrogen) atoms. The molecule has 174 valence electrons. The van der Waals surface area contributed by atoms with Gasteiger partial charge in [-0.15, -0.1) is 0 Å². The van der Waals surface area contributed by atoms with Crippen LogP contribution in [0.1, 0.15) is 41.0 Å². The summed E-state index contributed by atoms with van der Waals surface area (Å²) < 4.78 is 26.6. The maximum atomic E-state index is 15.5. The van der Waals surface area contributed by atoms with Gasteiger partial charge in [-0.3, -0.25) is 14.6 Å². The van der Waals surface area contributed by atoms with E-state index in [2.05, 4.69) is 10.3 Å². The van der Waals surface area contributed by atoms with E-state index < -0.39 is 11.7 Å². The van der Waals surface area contributed by atoms with Crippen LogP contribution in [-0.2, 0) is 0 Å². The second kappa shape index (κ2) is 9.35. The monoisotopic (exact) mass is 461 g/mol. The van der Waals surface area contributed by atoms with Crippen LogP contribution in [0.2, 0.25) is 0 Å². The molecule has 0 bridgehead atoms. The average Bonchev–Trinajstić information content (AvgIpc) is 2.84. The largest absolute Gasteiger partial charge is 0.496 e. The van der Waals surface area contributed by atoms with Crippen LogP contribution in [0, 0.1) is 5.82 Å². The molecule has 0 spiro atoms. The number of halogens is 1. The molecule has 4 aromatic rings. The normalized spacial score (nSPS) is 11.9. The minimum absolute atomic E-state index is 0.000835. The number of nitrogens with zero attached hydrogens (tertiary/aromatic N) is 1. The van der Waals surface area contributed by atoms with Crippen LogP contribution < -0.4 is 20.5 Å². The molecule has 1 aromatic heterocycles. The van der Waals surface area contributed by atoms with Crippen LogP contribution in [0.15, 0.2) is 54.7 Å². The summed E-state index contributed by atoms with van der Waals surface area (Å²) in [5.41, 5.74) is 6.51. The number of rotatable bonds is 7. The van der Waals surface area contributed by atoms with E-state index in [9.17, 15) is 9.59 Å². The first-order chi connectivity index (χ1) is 16.3. The van der Waals surface area contributed by atoms with Crippen molar-refractivity contribution in [3.05, 3.63) is 71.7 Å². The number of nitrogens with two attached hydrogens (primary N) is 1. The highest BCUT2D eigenvalue weighted by Gasteiger charge is 2.18. The third-order valence-electron chi connectivity index (χ3n) is 5.70. The Labute approximate surface area is 195 Å². The Morgan fingerprint density at radius 2 is 1.82 bits per heavy atom. The number of amides is 2. The number of ether oxygens (including phenoxy) is 2. The van der Waals surface area contributed by atoms with Crippen LogP contribution in [0.25, 0.3) is 21.7 Å². The molecule has 3 aromatic carbocycles. The molecule has 2 amide bonds. The number of nitrogens with one attached hydrogen (secondary N) is 1. The number of benzene rings is 3. The summed E-state index contributed by atoms with van der Waals surface area (Å²) in [7, 11) is 1.43. The fourth-order valence-corrected chi connectivity index (χ4v) is 3.70. The topological polar surface area (TPSA) is 104 Å². The van der Waals surface area contributed by atoms with Crippen LogP contribution >= 0.6 is 0 Å². The van der Waals surface area contributed by atoms with Crippen LogP contribution in [-0.4, -0.2) is 29.9 Å². The Bertz CT molecular complexity index is 1420. The number of fused-ring (bicyclic) bond motifs is 2. The fraction of sp³-hybridized carbons (Fsp3) is 0.192. The predicted octanol–water partition coefficient (Wildman–Crippen LogP) is 4.96. The standard InChI is InChI=1S/C26H24FN3O4/c1-4-14(2)30-26(32)17-7-5-6-16-15(17)8-9-22(24(16)27)34-21-10-11-29-20-13-23(33-3)19(25(28)31)12-18(20)21/h5-14H,4H2,1-3H3,(H2,28,31)(H,30,32). The van der Waals surface area contributed by atoms with Crippen LogP contribution in [0.4, 0.5) is 4.39 Å². The molecule has 1 unspecified atom stereocenters. The molecule has 0 radical (unpaired) electrons. The van der Waals surface area contributed by atoms with Crippen LogP contribution in [0.5, 0.6) is 17.2 Å². The van der Waals surface area contributed by atoms with E-state index in [0.29, 0.717) is 27.6 Å². The smallest absolute Gasteiger partial charge is 0.252 e. The average molecular weight is 461 g/mol. The molecule has 8 heteroatoms.